The Labute approximate surface area is 90.5 Å². The molecule has 0 heterocycles. The van der Waals surface area contributed by atoms with E-state index < -0.39 is 0 Å². The van der Waals surface area contributed by atoms with E-state index in [1.54, 1.807) is 6.92 Å². The highest BCUT2D eigenvalue weighted by Gasteiger charge is 2.41. The number of hydrogen-bond acceptors (Lipinski definition) is 1. The smallest absolute Gasteiger partial charge is 0.133 e. The molecule has 3 rings (SSSR count). The second-order valence-electron chi connectivity index (χ2n) is 5.00. The molecule has 0 saturated heterocycles. The van der Waals surface area contributed by atoms with Gasteiger partial charge in [-0.1, -0.05) is 24.3 Å². The van der Waals surface area contributed by atoms with Gasteiger partial charge in [0.15, 0.2) is 0 Å². The van der Waals surface area contributed by atoms with Gasteiger partial charge in [-0.05, 0) is 49.1 Å². The van der Waals surface area contributed by atoms with E-state index in [0.717, 1.165) is 12.3 Å². The van der Waals surface area contributed by atoms with Crippen molar-refractivity contribution < 1.29 is 4.79 Å². The largest absolute Gasteiger partial charge is 0.300 e. The lowest BCUT2D eigenvalue weighted by molar-refractivity contribution is -0.118. The van der Waals surface area contributed by atoms with Crippen molar-refractivity contribution >= 4 is 5.78 Å². The molecule has 1 aromatic carbocycles. The van der Waals surface area contributed by atoms with Crippen molar-refractivity contribution in [2.75, 3.05) is 0 Å². The van der Waals surface area contributed by atoms with Gasteiger partial charge in [0.25, 0.3) is 0 Å². The number of Topliss-reactive ketones (excluding diaryl/α,β-unsaturated/α-hetero) is 1. The van der Waals surface area contributed by atoms with Crippen LogP contribution in [-0.4, -0.2) is 5.78 Å². The summed E-state index contributed by atoms with van der Waals surface area (Å²) in [5, 5.41) is 0. The Morgan fingerprint density at radius 3 is 2.20 bits per heavy atom. The standard InChI is InChI=1S/C14H16O/c1-9(15)13-8-14(13)12-6-4-11(5-7-12)10-2-3-10/h4-7,10,13-14H,2-3,8H2,1H3. The Balaban J connectivity index is 1.74. The van der Waals surface area contributed by atoms with E-state index in [2.05, 4.69) is 24.3 Å². The lowest BCUT2D eigenvalue weighted by Gasteiger charge is -2.01. The Morgan fingerprint density at radius 2 is 1.73 bits per heavy atom. The van der Waals surface area contributed by atoms with Crippen LogP contribution >= 0.6 is 0 Å². The van der Waals surface area contributed by atoms with Gasteiger partial charge in [-0.25, -0.2) is 0 Å². The molecule has 2 aliphatic rings. The third-order valence-electron chi connectivity index (χ3n) is 3.73. The molecule has 1 heteroatoms. The summed E-state index contributed by atoms with van der Waals surface area (Å²) in [7, 11) is 0. The van der Waals surface area contributed by atoms with Crippen LogP contribution in [0.25, 0.3) is 0 Å². The molecule has 0 bridgehead atoms. The maximum atomic E-state index is 11.2. The molecule has 0 amide bonds. The Bertz CT molecular complexity index is 386. The number of carbonyl (C=O) groups excluding carboxylic acids is 1. The van der Waals surface area contributed by atoms with Crippen molar-refractivity contribution in [2.45, 2.75) is 38.0 Å². The zero-order valence-corrected chi connectivity index (χ0v) is 9.07. The molecule has 1 nitrogen and oxygen atoms in total. The molecule has 2 fully saturated rings. The summed E-state index contributed by atoms with van der Waals surface area (Å²) in [5.74, 6) is 2.03. The van der Waals surface area contributed by atoms with Gasteiger partial charge < -0.3 is 0 Å². The fourth-order valence-electron chi connectivity index (χ4n) is 2.44. The van der Waals surface area contributed by atoms with Gasteiger partial charge in [-0.15, -0.1) is 0 Å². The number of hydrogen-bond donors (Lipinski definition) is 0. The zero-order chi connectivity index (χ0) is 10.4. The quantitative estimate of drug-likeness (QED) is 0.732. The maximum Gasteiger partial charge on any atom is 0.133 e. The third-order valence-corrected chi connectivity index (χ3v) is 3.73. The van der Waals surface area contributed by atoms with Gasteiger partial charge in [0.2, 0.25) is 0 Å². The van der Waals surface area contributed by atoms with Crippen molar-refractivity contribution in [2.24, 2.45) is 5.92 Å². The normalized spacial score (nSPS) is 28.9. The van der Waals surface area contributed by atoms with Gasteiger partial charge in [0.05, 0.1) is 0 Å². The topological polar surface area (TPSA) is 17.1 Å². The van der Waals surface area contributed by atoms with Crippen LogP contribution in [0.1, 0.15) is 49.1 Å². The highest BCUT2D eigenvalue weighted by atomic mass is 16.1. The molecule has 1 aromatic rings. The summed E-state index contributed by atoms with van der Waals surface area (Å²) in [6, 6.07) is 8.95. The molecule has 2 saturated carbocycles. The molecule has 0 N–H and O–H groups in total. The molecule has 0 radical (unpaired) electrons. The van der Waals surface area contributed by atoms with Crippen LogP contribution < -0.4 is 0 Å². The Kier molecular flexibility index (Phi) is 1.95. The van der Waals surface area contributed by atoms with Crippen LogP contribution in [0.4, 0.5) is 0 Å². The minimum atomic E-state index is 0.316. The fourth-order valence-corrected chi connectivity index (χ4v) is 2.44. The predicted octanol–water partition coefficient (Wildman–Crippen LogP) is 3.26. The highest BCUT2D eigenvalue weighted by molar-refractivity contribution is 5.82. The maximum absolute atomic E-state index is 11.2. The van der Waals surface area contributed by atoms with Gasteiger partial charge >= 0.3 is 0 Å². The van der Waals surface area contributed by atoms with Crippen molar-refractivity contribution in [3.8, 4) is 0 Å². The van der Waals surface area contributed by atoms with Gasteiger partial charge in [0.1, 0.15) is 5.78 Å². The van der Waals surface area contributed by atoms with E-state index in [9.17, 15) is 4.79 Å². The number of rotatable bonds is 3. The monoisotopic (exact) mass is 200 g/mol. The first-order chi connectivity index (χ1) is 7.25. The Morgan fingerprint density at radius 1 is 1.13 bits per heavy atom. The van der Waals surface area contributed by atoms with E-state index in [-0.39, 0.29) is 0 Å². The Hall–Kier alpha value is -1.11. The molecule has 0 aliphatic heterocycles. The first-order valence-electron chi connectivity index (χ1n) is 5.86. The molecule has 0 aromatic heterocycles. The average Bonchev–Trinajstić information content (AvgIpc) is 3.11. The lowest BCUT2D eigenvalue weighted by atomic mass is 10.0. The molecular formula is C14H16O. The van der Waals surface area contributed by atoms with E-state index in [0.29, 0.717) is 17.6 Å². The summed E-state index contributed by atoms with van der Waals surface area (Å²) < 4.78 is 0. The fraction of sp³-hybridized carbons (Fsp3) is 0.500. The summed E-state index contributed by atoms with van der Waals surface area (Å²) in [6.07, 6.45) is 3.79. The molecule has 2 unspecified atom stereocenters. The van der Waals surface area contributed by atoms with E-state index in [4.69, 9.17) is 0 Å². The summed E-state index contributed by atoms with van der Waals surface area (Å²) in [5.41, 5.74) is 2.85. The number of ketones is 1. The second kappa shape index (κ2) is 3.19. The van der Waals surface area contributed by atoms with Crippen LogP contribution in [0.5, 0.6) is 0 Å². The summed E-state index contributed by atoms with van der Waals surface area (Å²) >= 11 is 0. The van der Waals surface area contributed by atoms with Crippen LogP contribution in [0.2, 0.25) is 0 Å². The molecule has 2 atom stereocenters. The van der Waals surface area contributed by atoms with Crippen LogP contribution in [0, 0.1) is 5.92 Å². The first kappa shape index (κ1) is 9.14. The number of benzene rings is 1. The number of carbonyl (C=O) groups is 1. The van der Waals surface area contributed by atoms with E-state index >= 15 is 0 Å². The molecule has 0 spiro atoms. The van der Waals surface area contributed by atoms with Crippen molar-refractivity contribution in [3.63, 3.8) is 0 Å². The summed E-state index contributed by atoms with van der Waals surface area (Å²) in [4.78, 5) is 11.2. The predicted molar refractivity (Wildman–Crippen MR) is 59.9 cm³/mol. The lowest BCUT2D eigenvalue weighted by Crippen LogP contribution is -1.94. The first-order valence-corrected chi connectivity index (χ1v) is 5.86. The SMILES string of the molecule is CC(=O)C1CC1c1ccc(C2CC2)cc1. The van der Waals surface area contributed by atoms with Crippen LogP contribution in [0.15, 0.2) is 24.3 Å². The molecule has 2 aliphatic carbocycles. The van der Waals surface area contributed by atoms with Gasteiger partial charge in [-0.2, -0.15) is 0 Å². The minimum absolute atomic E-state index is 0.316. The second-order valence-corrected chi connectivity index (χ2v) is 5.00. The van der Waals surface area contributed by atoms with Crippen molar-refractivity contribution in [1.29, 1.82) is 0 Å². The molecular weight excluding hydrogens is 184 g/mol. The van der Waals surface area contributed by atoms with Gasteiger partial charge in [-0.3, -0.25) is 4.79 Å². The summed E-state index contributed by atoms with van der Waals surface area (Å²) in [6.45, 7) is 1.71. The molecule has 78 valence electrons. The minimum Gasteiger partial charge on any atom is -0.300 e. The van der Waals surface area contributed by atoms with Crippen LogP contribution in [0.3, 0.4) is 0 Å². The van der Waals surface area contributed by atoms with Crippen molar-refractivity contribution in [3.05, 3.63) is 35.4 Å². The van der Waals surface area contributed by atoms with Gasteiger partial charge in [0, 0.05) is 5.92 Å². The third kappa shape index (κ3) is 1.71. The zero-order valence-electron chi connectivity index (χ0n) is 9.07. The van der Waals surface area contributed by atoms with E-state index in [1.165, 1.54) is 24.0 Å². The van der Waals surface area contributed by atoms with Crippen LogP contribution in [-0.2, 0) is 4.79 Å². The highest BCUT2D eigenvalue weighted by Crippen LogP contribution is 2.48. The van der Waals surface area contributed by atoms with Crippen molar-refractivity contribution in [1.82, 2.24) is 0 Å². The molecule has 15 heavy (non-hydrogen) atoms. The van der Waals surface area contributed by atoms with E-state index in [1.807, 2.05) is 0 Å². The average molecular weight is 200 g/mol.